The Morgan fingerprint density at radius 3 is 2.90 bits per heavy atom. The normalized spacial score (nSPS) is 12.7. The monoisotopic (exact) mass is 428 g/mol. The smallest absolute Gasteiger partial charge is 0.350 e. The van der Waals surface area contributed by atoms with Crippen LogP contribution in [0.5, 0.6) is 0 Å². The molecule has 2 N–H and O–H groups in total. The molecule has 3 rings (SSSR count). The van der Waals surface area contributed by atoms with Gasteiger partial charge in [-0.1, -0.05) is 6.07 Å². The van der Waals surface area contributed by atoms with E-state index in [1.54, 1.807) is 6.92 Å². The third-order valence-corrected chi connectivity index (χ3v) is 5.71. The van der Waals surface area contributed by atoms with Crippen molar-refractivity contribution in [1.29, 1.82) is 0 Å². The summed E-state index contributed by atoms with van der Waals surface area (Å²) in [5.41, 5.74) is 2.63. The van der Waals surface area contributed by atoms with Crippen molar-refractivity contribution in [2.24, 2.45) is 4.99 Å². The van der Waals surface area contributed by atoms with Crippen LogP contribution >= 0.6 is 11.3 Å². The standard InChI is InChI=1S/C21H28N6O2S/c1-5-22-21(23-11-10-16-13-27-12-8-7-9-17(27)26-16)25-15(4)19-24-14(3)18(30-19)20(28)29-6-2/h7-9,12-13,15H,5-6,10-11H2,1-4H3,(H2,22,23,25). The maximum Gasteiger partial charge on any atom is 0.350 e. The molecular formula is C21H28N6O2S. The molecule has 8 nitrogen and oxygen atoms in total. The number of rotatable bonds is 8. The molecule has 0 saturated carbocycles. The molecule has 9 heteroatoms. The number of aryl methyl sites for hydroxylation is 1. The molecule has 3 aromatic heterocycles. The molecule has 0 aliphatic rings. The minimum atomic E-state index is -0.320. The van der Waals surface area contributed by atoms with E-state index >= 15 is 0 Å². The molecule has 0 amide bonds. The summed E-state index contributed by atoms with van der Waals surface area (Å²) in [4.78, 5) is 26.4. The lowest BCUT2D eigenvalue weighted by Gasteiger charge is -2.15. The Bertz CT molecular complexity index is 993. The van der Waals surface area contributed by atoms with Crippen molar-refractivity contribution >= 4 is 28.9 Å². The van der Waals surface area contributed by atoms with Gasteiger partial charge in [0, 0.05) is 31.9 Å². The summed E-state index contributed by atoms with van der Waals surface area (Å²) in [5, 5.41) is 7.45. The molecule has 1 atom stereocenters. The number of esters is 1. The first-order valence-corrected chi connectivity index (χ1v) is 10.9. The van der Waals surface area contributed by atoms with Gasteiger partial charge < -0.3 is 19.8 Å². The predicted molar refractivity (Wildman–Crippen MR) is 119 cm³/mol. The van der Waals surface area contributed by atoms with Gasteiger partial charge in [-0.15, -0.1) is 11.3 Å². The van der Waals surface area contributed by atoms with Gasteiger partial charge in [-0.05, 0) is 39.8 Å². The van der Waals surface area contributed by atoms with E-state index in [9.17, 15) is 4.79 Å². The van der Waals surface area contributed by atoms with E-state index in [1.165, 1.54) is 11.3 Å². The summed E-state index contributed by atoms with van der Waals surface area (Å²) in [6, 6.07) is 5.86. The topological polar surface area (TPSA) is 92.9 Å². The highest BCUT2D eigenvalue weighted by atomic mass is 32.1. The van der Waals surface area contributed by atoms with Crippen LogP contribution < -0.4 is 10.6 Å². The number of nitrogens with one attached hydrogen (secondary N) is 2. The highest BCUT2D eigenvalue weighted by Gasteiger charge is 2.20. The Kier molecular flexibility index (Phi) is 7.40. The molecule has 0 spiro atoms. The molecule has 0 aromatic carbocycles. The fourth-order valence-electron chi connectivity index (χ4n) is 2.97. The summed E-state index contributed by atoms with van der Waals surface area (Å²) in [5.74, 6) is 0.387. The zero-order chi connectivity index (χ0) is 21.5. The Hall–Kier alpha value is -2.94. The highest BCUT2D eigenvalue weighted by Crippen LogP contribution is 2.24. The molecule has 0 saturated heterocycles. The summed E-state index contributed by atoms with van der Waals surface area (Å²) in [6.45, 7) is 9.36. The Balaban J connectivity index is 1.64. The van der Waals surface area contributed by atoms with Gasteiger partial charge in [0.2, 0.25) is 0 Å². The summed E-state index contributed by atoms with van der Waals surface area (Å²) < 4.78 is 7.12. The van der Waals surface area contributed by atoms with Gasteiger partial charge in [-0.3, -0.25) is 4.99 Å². The number of ether oxygens (including phenoxy) is 1. The summed E-state index contributed by atoms with van der Waals surface area (Å²) in [6.07, 6.45) is 4.77. The maximum absolute atomic E-state index is 12.1. The fraction of sp³-hybridized carbons (Fsp3) is 0.429. The van der Waals surface area contributed by atoms with E-state index in [0.29, 0.717) is 29.7 Å². The van der Waals surface area contributed by atoms with Gasteiger partial charge in [0.25, 0.3) is 0 Å². The number of pyridine rings is 1. The van der Waals surface area contributed by atoms with Crippen molar-refractivity contribution in [3.05, 3.63) is 51.9 Å². The Morgan fingerprint density at radius 1 is 1.33 bits per heavy atom. The van der Waals surface area contributed by atoms with E-state index in [2.05, 4.69) is 25.6 Å². The van der Waals surface area contributed by atoms with E-state index in [0.717, 1.165) is 29.3 Å². The summed E-state index contributed by atoms with van der Waals surface area (Å²) >= 11 is 1.36. The van der Waals surface area contributed by atoms with Gasteiger partial charge in [-0.2, -0.15) is 0 Å². The average Bonchev–Trinajstić information content (AvgIpc) is 3.31. The number of hydrogen-bond acceptors (Lipinski definition) is 6. The number of fused-ring (bicyclic) bond motifs is 1. The van der Waals surface area contributed by atoms with Crippen molar-refractivity contribution in [2.45, 2.75) is 40.2 Å². The van der Waals surface area contributed by atoms with Crippen molar-refractivity contribution < 1.29 is 9.53 Å². The predicted octanol–water partition coefficient (Wildman–Crippen LogP) is 3.13. The van der Waals surface area contributed by atoms with E-state index in [4.69, 9.17) is 4.74 Å². The first-order chi connectivity index (χ1) is 14.5. The van der Waals surface area contributed by atoms with Crippen LogP contribution in [0.4, 0.5) is 0 Å². The number of aromatic nitrogens is 3. The average molecular weight is 429 g/mol. The van der Waals surface area contributed by atoms with Crippen LogP contribution in [0, 0.1) is 6.92 Å². The second-order valence-electron chi connectivity index (χ2n) is 6.76. The lowest BCUT2D eigenvalue weighted by atomic mass is 10.3. The summed E-state index contributed by atoms with van der Waals surface area (Å²) in [7, 11) is 0. The van der Waals surface area contributed by atoms with Crippen LogP contribution in [0.1, 0.15) is 52.9 Å². The fourth-order valence-corrected chi connectivity index (χ4v) is 3.93. The van der Waals surface area contributed by atoms with Crippen LogP contribution in [0.2, 0.25) is 0 Å². The lowest BCUT2D eigenvalue weighted by Crippen LogP contribution is -2.38. The third-order valence-electron chi connectivity index (χ3n) is 4.39. The molecule has 0 radical (unpaired) electrons. The molecule has 0 aliphatic carbocycles. The Morgan fingerprint density at radius 2 is 2.17 bits per heavy atom. The largest absolute Gasteiger partial charge is 0.462 e. The second-order valence-corrected chi connectivity index (χ2v) is 7.79. The van der Waals surface area contributed by atoms with Crippen LogP contribution in [-0.4, -0.2) is 46.0 Å². The molecule has 3 aromatic rings. The molecule has 0 bridgehead atoms. The first-order valence-electron chi connectivity index (χ1n) is 10.1. The minimum Gasteiger partial charge on any atom is -0.462 e. The second kappa shape index (κ2) is 10.2. The van der Waals surface area contributed by atoms with Crippen molar-refractivity contribution in [2.75, 3.05) is 19.7 Å². The first kappa shape index (κ1) is 21.8. The Labute approximate surface area is 180 Å². The number of guanidine groups is 1. The number of hydrogen-bond donors (Lipinski definition) is 2. The SMILES string of the molecule is CCNC(=NCCc1cn2ccccc2n1)NC(C)c1nc(C)c(C(=O)OCC)s1. The van der Waals surface area contributed by atoms with Gasteiger partial charge in [0.05, 0.1) is 24.0 Å². The van der Waals surface area contributed by atoms with Gasteiger partial charge in [0.15, 0.2) is 5.96 Å². The maximum atomic E-state index is 12.1. The van der Waals surface area contributed by atoms with E-state index in [-0.39, 0.29) is 12.0 Å². The van der Waals surface area contributed by atoms with Gasteiger partial charge >= 0.3 is 5.97 Å². The lowest BCUT2D eigenvalue weighted by molar-refractivity contribution is 0.0531. The third kappa shape index (κ3) is 5.35. The van der Waals surface area contributed by atoms with Gasteiger partial charge in [-0.25, -0.2) is 14.8 Å². The van der Waals surface area contributed by atoms with Crippen LogP contribution in [-0.2, 0) is 11.2 Å². The number of aliphatic imine (C=N–C) groups is 1. The van der Waals surface area contributed by atoms with E-state index < -0.39 is 0 Å². The molecule has 1 unspecified atom stereocenters. The van der Waals surface area contributed by atoms with Crippen LogP contribution in [0.3, 0.4) is 0 Å². The van der Waals surface area contributed by atoms with Crippen molar-refractivity contribution in [3.8, 4) is 0 Å². The van der Waals surface area contributed by atoms with E-state index in [1.807, 2.05) is 55.8 Å². The van der Waals surface area contributed by atoms with Gasteiger partial charge in [0.1, 0.15) is 15.5 Å². The molecule has 30 heavy (non-hydrogen) atoms. The van der Waals surface area contributed by atoms with Crippen LogP contribution in [0.15, 0.2) is 35.6 Å². The van der Waals surface area contributed by atoms with Crippen molar-refractivity contribution in [1.82, 2.24) is 25.0 Å². The zero-order valence-corrected chi connectivity index (χ0v) is 18.6. The molecule has 3 heterocycles. The number of nitrogens with zero attached hydrogens (tertiary/aromatic N) is 4. The minimum absolute atomic E-state index is 0.0927. The van der Waals surface area contributed by atoms with Crippen LogP contribution in [0.25, 0.3) is 5.65 Å². The highest BCUT2D eigenvalue weighted by molar-refractivity contribution is 7.13. The number of imidazole rings is 1. The number of carbonyl (C=O) groups is 1. The molecular weight excluding hydrogens is 400 g/mol. The zero-order valence-electron chi connectivity index (χ0n) is 17.8. The van der Waals surface area contributed by atoms with Crippen molar-refractivity contribution in [3.63, 3.8) is 0 Å². The molecule has 0 fully saturated rings. The number of thiazole rings is 1. The molecule has 160 valence electrons. The number of carbonyl (C=O) groups excluding carboxylic acids is 1. The molecule has 0 aliphatic heterocycles. The quantitative estimate of drug-likeness (QED) is 0.325.